The number of alkyl carbamates (subject to hydrolysis) is 1. The second-order valence-electron chi connectivity index (χ2n) is 10.7. The van der Waals surface area contributed by atoms with Crippen molar-refractivity contribution in [3.8, 4) is 0 Å². The maximum absolute atomic E-state index is 13.3. The van der Waals surface area contributed by atoms with Crippen LogP contribution in [0, 0.1) is 5.92 Å². The molecule has 9 nitrogen and oxygen atoms in total. The Morgan fingerprint density at radius 1 is 1.03 bits per heavy atom. The summed E-state index contributed by atoms with van der Waals surface area (Å²) in [6, 6.07) is 6.93. The summed E-state index contributed by atoms with van der Waals surface area (Å²) < 4.78 is 10.5. The van der Waals surface area contributed by atoms with Gasteiger partial charge < -0.3 is 25.4 Å². The lowest BCUT2D eigenvalue weighted by molar-refractivity contribution is -0.133. The molecule has 0 aromatic heterocycles. The second kappa shape index (κ2) is 10.8. The highest BCUT2D eigenvalue weighted by Gasteiger charge is 2.50. The zero-order valence-electron chi connectivity index (χ0n) is 21.2. The molecular formula is C26H37N3O6. The monoisotopic (exact) mass is 487 g/mol. The molecule has 1 heterocycles. The molecule has 1 aliphatic carbocycles. The summed E-state index contributed by atoms with van der Waals surface area (Å²) in [6.07, 6.45) is 2.06. The Labute approximate surface area is 206 Å². The van der Waals surface area contributed by atoms with E-state index in [1.807, 2.05) is 30.3 Å². The molecular weight excluding hydrogens is 450 g/mol. The summed E-state index contributed by atoms with van der Waals surface area (Å²) in [7, 11) is 0. The van der Waals surface area contributed by atoms with E-state index in [1.54, 1.807) is 27.7 Å². The lowest BCUT2D eigenvalue weighted by atomic mass is 9.94. The second-order valence-corrected chi connectivity index (χ2v) is 10.7. The molecule has 0 spiro atoms. The smallest absolute Gasteiger partial charge is 0.408 e. The van der Waals surface area contributed by atoms with E-state index in [9.17, 15) is 19.2 Å². The van der Waals surface area contributed by atoms with Gasteiger partial charge in [-0.2, -0.15) is 0 Å². The fraction of sp³-hybridized carbons (Fsp3) is 0.615. The molecule has 3 N–H and O–H groups in total. The third-order valence-electron chi connectivity index (χ3n) is 6.04. The summed E-state index contributed by atoms with van der Waals surface area (Å²) in [5.74, 6) is -0.771. The predicted molar refractivity (Wildman–Crippen MR) is 130 cm³/mol. The van der Waals surface area contributed by atoms with Crippen LogP contribution in [0.1, 0.15) is 59.4 Å². The molecule has 2 aliphatic rings. The van der Waals surface area contributed by atoms with Gasteiger partial charge in [0, 0.05) is 0 Å². The molecule has 192 valence electrons. The minimum absolute atomic E-state index is 0.189. The van der Waals surface area contributed by atoms with Crippen LogP contribution in [0.4, 0.5) is 4.79 Å². The molecule has 4 atom stereocenters. The number of carbonyl (C=O) groups is 4. The first kappa shape index (κ1) is 26.7. The van der Waals surface area contributed by atoms with Gasteiger partial charge in [-0.05, 0) is 58.9 Å². The summed E-state index contributed by atoms with van der Waals surface area (Å²) in [5, 5.41) is 8.11. The topological polar surface area (TPSA) is 126 Å². The minimum Gasteiger partial charge on any atom is -0.444 e. The molecule has 9 heteroatoms. The molecule has 3 amide bonds. The first-order valence-electron chi connectivity index (χ1n) is 12.2. The van der Waals surface area contributed by atoms with Crippen LogP contribution in [-0.2, 0) is 30.3 Å². The van der Waals surface area contributed by atoms with Crippen molar-refractivity contribution in [3.63, 3.8) is 0 Å². The fourth-order valence-corrected chi connectivity index (χ4v) is 3.72. The number of Topliss-reactive ketones (excluding diaryl/α,β-unsaturated/α-hetero) is 1. The van der Waals surface area contributed by atoms with E-state index in [0.717, 1.165) is 18.4 Å². The number of epoxide rings is 1. The van der Waals surface area contributed by atoms with Gasteiger partial charge in [0.15, 0.2) is 5.78 Å². The van der Waals surface area contributed by atoms with Crippen molar-refractivity contribution in [2.75, 3.05) is 6.61 Å². The third-order valence-corrected chi connectivity index (χ3v) is 6.04. The number of hydrogen-bond donors (Lipinski definition) is 3. The Bertz CT molecular complexity index is 934. The van der Waals surface area contributed by atoms with Crippen LogP contribution < -0.4 is 16.0 Å². The SMILES string of the molecule is CC(NC(=O)OC(C)(C)C)C(=O)NC(CC1CC1)C(=O)NC(Cc1ccccc1)C(=O)C1(C)CO1. The fourth-order valence-electron chi connectivity index (χ4n) is 3.72. The molecule has 3 rings (SSSR count). The van der Waals surface area contributed by atoms with Crippen molar-refractivity contribution in [3.05, 3.63) is 35.9 Å². The Hall–Kier alpha value is -2.94. The van der Waals surface area contributed by atoms with Crippen LogP contribution in [0.25, 0.3) is 0 Å². The molecule has 1 aromatic carbocycles. The van der Waals surface area contributed by atoms with Crippen molar-refractivity contribution >= 4 is 23.7 Å². The highest BCUT2D eigenvalue weighted by molar-refractivity contribution is 5.98. The summed E-state index contributed by atoms with van der Waals surface area (Å²) in [4.78, 5) is 51.2. The zero-order valence-corrected chi connectivity index (χ0v) is 21.2. The number of carbonyl (C=O) groups excluding carboxylic acids is 4. The van der Waals surface area contributed by atoms with E-state index in [1.165, 1.54) is 6.92 Å². The Morgan fingerprint density at radius 3 is 2.17 bits per heavy atom. The van der Waals surface area contributed by atoms with Crippen molar-refractivity contribution in [2.45, 2.75) is 89.6 Å². The number of hydrogen-bond acceptors (Lipinski definition) is 6. The first-order valence-corrected chi connectivity index (χ1v) is 12.2. The van der Waals surface area contributed by atoms with Crippen LogP contribution in [0.15, 0.2) is 30.3 Å². The highest BCUT2D eigenvalue weighted by Crippen LogP contribution is 2.34. The van der Waals surface area contributed by atoms with E-state index in [4.69, 9.17) is 9.47 Å². The predicted octanol–water partition coefficient (Wildman–Crippen LogP) is 2.27. The van der Waals surface area contributed by atoms with Crippen molar-refractivity contribution in [2.24, 2.45) is 5.92 Å². The number of amides is 3. The van der Waals surface area contributed by atoms with Crippen LogP contribution >= 0.6 is 0 Å². The molecule has 4 unspecified atom stereocenters. The Kier molecular flexibility index (Phi) is 8.20. The van der Waals surface area contributed by atoms with Gasteiger partial charge in [0.25, 0.3) is 0 Å². The van der Waals surface area contributed by atoms with Crippen molar-refractivity contribution in [1.29, 1.82) is 0 Å². The standard InChI is InChI=1S/C26H37N3O6/c1-16(27-24(33)35-25(2,3)4)22(31)29-20(14-18-11-12-18)23(32)28-19(21(30)26(5)15-34-26)13-17-9-7-6-8-10-17/h6-10,16,18-20H,11-15H2,1-5H3,(H,27,33)(H,28,32)(H,29,31). The van der Waals surface area contributed by atoms with Gasteiger partial charge in [0.05, 0.1) is 12.6 Å². The van der Waals surface area contributed by atoms with Crippen LogP contribution in [0.5, 0.6) is 0 Å². The van der Waals surface area contributed by atoms with Crippen LogP contribution in [-0.4, -0.2) is 59.6 Å². The summed E-state index contributed by atoms with van der Waals surface area (Å²) >= 11 is 0. The largest absolute Gasteiger partial charge is 0.444 e. The number of rotatable bonds is 11. The van der Waals surface area contributed by atoms with Gasteiger partial charge in [-0.25, -0.2) is 4.79 Å². The number of ketones is 1. The molecule has 2 fully saturated rings. The Balaban J connectivity index is 1.66. The highest BCUT2D eigenvalue weighted by atomic mass is 16.6. The number of benzene rings is 1. The molecule has 0 radical (unpaired) electrons. The third kappa shape index (κ3) is 8.35. The van der Waals surface area contributed by atoms with Gasteiger partial charge in [-0.3, -0.25) is 14.4 Å². The van der Waals surface area contributed by atoms with Crippen molar-refractivity contribution in [1.82, 2.24) is 16.0 Å². The van der Waals surface area contributed by atoms with Crippen LogP contribution in [0.3, 0.4) is 0 Å². The van der Waals surface area contributed by atoms with Gasteiger partial charge in [-0.15, -0.1) is 0 Å². The van der Waals surface area contributed by atoms with E-state index in [0.29, 0.717) is 25.4 Å². The van der Waals surface area contributed by atoms with Crippen molar-refractivity contribution < 1.29 is 28.7 Å². The number of nitrogens with one attached hydrogen (secondary N) is 3. The van der Waals surface area contributed by atoms with Gasteiger partial charge in [0.2, 0.25) is 11.8 Å². The minimum atomic E-state index is -0.903. The average Bonchev–Trinajstić information content (AvgIpc) is 3.70. The molecule has 1 aliphatic heterocycles. The summed E-state index contributed by atoms with van der Waals surface area (Å²) in [5.41, 5.74) is -0.682. The van der Waals surface area contributed by atoms with E-state index in [-0.39, 0.29) is 5.78 Å². The zero-order chi connectivity index (χ0) is 25.8. The van der Waals surface area contributed by atoms with E-state index < -0.39 is 47.2 Å². The van der Waals surface area contributed by atoms with Gasteiger partial charge in [-0.1, -0.05) is 43.2 Å². The van der Waals surface area contributed by atoms with Gasteiger partial charge in [0.1, 0.15) is 23.3 Å². The average molecular weight is 488 g/mol. The number of ether oxygens (including phenoxy) is 2. The summed E-state index contributed by atoms with van der Waals surface area (Å²) in [6.45, 7) is 8.75. The van der Waals surface area contributed by atoms with Crippen LogP contribution in [0.2, 0.25) is 0 Å². The first-order chi connectivity index (χ1) is 16.4. The Morgan fingerprint density at radius 2 is 1.63 bits per heavy atom. The van der Waals surface area contributed by atoms with Gasteiger partial charge >= 0.3 is 6.09 Å². The maximum Gasteiger partial charge on any atom is 0.408 e. The molecule has 35 heavy (non-hydrogen) atoms. The van der Waals surface area contributed by atoms with E-state index in [2.05, 4.69) is 16.0 Å². The van der Waals surface area contributed by atoms with E-state index >= 15 is 0 Å². The quantitative estimate of drug-likeness (QED) is 0.411. The normalized spacial score (nSPS) is 21.7. The molecule has 1 saturated heterocycles. The molecule has 0 bridgehead atoms. The lowest BCUT2D eigenvalue weighted by Crippen LogP contribution is -2.56. The maximum atomic E-state index is 13.3. The molecule has 1 saturated carbocycles. The lowest BCUT2D eigenvalue weighted by Gasteiger charge is -2.26. The molecule has 1 aromatic rings.